The number of nitrogens with one attached hydrogen (secondary N) is 1. The zero-order chi connectivity index (χ0) is 23.1. The Kier molecular flexibility index (Phi) is 9.21. The van der Waals surface area contributed by atoms with Crippen molar-refractivity contribution in [3.8, 4) is 5.75 Å². The Bertz CT molecular complexity index is 855. The molecule has 0 saturated heterocycles. The van der Waals surface area contributed by atoms with Crippen molar-refractivity contribution in [1.29, 1.82) is 0 Å². The maximum Gasteiger partial charge on any atom is 0.323 e. The van der Waals surface area contributed by atoms with Crippen LogP contribution in [0.1, 0.15) is 20.3 Å². The van der Waals surface area contributed by atoms with Crippen LogP contribution in [0.15, 0.2) is 29.2 Å². The van der Waals surface area contributed by atoms with Crippen LogP contribution < -0.4 is 10.2 Å². The van der Waals surface area contributed by atoms with E-state index in [1.807, 2.05) is 0 Å². The van der Waals surface area contributed by atoms with E-state index in [2.05, 4.69) is 0 Å². The molecule has 0 aromatic heterocycles. The third-order valence-electron chi connectivity index (χ3n) is 4.33. The lowest BCUT2D eigenvalue weighted by molar-refractivity contribution is -0.143. The van der Waals surface area contributed by atoms with Crippen LogP contribution in [0.3, 0.4) is 0 Å². The van der Waals surface area contributed by atoms with E-state index in [9.17, 15) is 22.8 Å². The molecule has 168 valence electrons. The lowest BCUT2D eigenvalue weighted by Gasteiger charge is -2.32. The molecule has 0 radical (unpaired) electrons. The molecular weight excluding hydrogens is 418 g/mol. The van der Waals surface area contributed by atoms with Crippen molar-refractivity contribution in [1.82, 2.24) is 14.7 Å². The van der Waals surface area contributed by atoms with Crippen LogP contribution in [-0.2, 0) is 24.4 Å². The van der Waals surface area contributed by atoms with Gasteiger partial charge in [0.15, 0.2) is 0 Å². The van der Waals surface area contributed by atoms with E-state index in [-0.39, 0.29) is 11.3 Å². The summed E-state index contributed by atoms with van der Waals surface area (Å²) in [5, 5.41) is 17.9. The Morgan fingerprint density at radius 2 is 1.73 bits per heavy atom. The first-order valence-corrected chi connectivity index (χ1v) is 10.4. The number of sulfonamides is 1. The van der Waals surface area contributed by atoms with Gasteiger partial charge < -0.3 is 14.7 Å². The van der Waals surface area contributed by atoms with Crippen molar-refractivity contribution in [3.63, 3.8) is 0 Å². The molecule has 2 amide bonds. The summed E-state index contributed by atoms with van der Waals surface area (Å²) in [5.41, 5.74) is 1.47. The third kappa shape index (κ3) is 6.40. The Morgan fingerprint density at radius 1 is 1.17 bits per heavy atom. The molecule has 0 heterocycles. The van der Waals surface area contributed by atoms with Gasteiger partial charge in [-0.2, -0.15) is 4.31 Å². The van der Waals surface area contributed by atoms with Crippen LogP contribution in [0, 0.1) is 5.92 Å². The second kappa shape index (κ2) is 10.9. The largest absolute Gasteiger partial charge is 0.497 e. The fourth-order valence-corrected chi connectivity index (χ4v) is 4.53. The number of carbonyl (C=O) groups excluding carboxylic acids is 2. The van der Waals surface area contributed by atoms with Gasteiger partial charge >= 0.3 is 5.97 Å². The maximum absolute atomic E-state index is 13.3. The van der Waals surface area contributed by atoms with Crippen LogP contribution in [0.5, 0.6) is 5.75 Å². The van der Waals surface area contributed by atoms with Gasteiger partial charge in [-0.05, 0) is 30.2 Å². The second-order valence-electron chi connectivity index (χ2n) is 6.85. The normalized spacial score (nSPS) is 12.5. The molecular formula is C18H27N3O8S. The monoisotopic (exact) mass is 445 g/mol. The highest BCUT2D eigenvalue weighted by molar-refractivity contribution is 7.89. The zero-order valence-corrected chi connectivity index (χ0v) is 18.0. The second-order valence-corrected chi connectivity index (χ2v) is 8.74. The zero-order valence-electron chi connectivity index (χ0n) is 17.2. The number of carboxylic acids is 1. The molecule has 0 aliphatic carbocycles. The predicted octanol–water partition coefficient (Wildman–Crippen LogP) is 0.149. The lowest BCUT2D eigenvalue weighted by Crippen LogP contribution is -2.52. The molecule has 12 heteroatoms. The molecule has 1 aromatic carbocycles. The smallest absolute Gasteiger partial charge is 0.323 e. The molecule has 30 heavy (non-hydrogen) atoms. The summed E-state index contributed by atoms with van der Waals surface area (Å²) >= 11 is 0. The van der Waals surface area contributed by atoms with Gasteiger partial charge in [-0.1, -0.05) is 13.8 Å². The first-order chi connectivity index (χ1) is 13.9. The van der Waals surface area contributed by atoms with Crippen LogP contribution in [0.4, 0.5) is 0 Å². The number of ether oxygens (including phenoxy) is 1. The van der Waals surface area contributed by atoms with Crippen molar-refractivity contribution in [2.45, 2.75) is 31.2 Å². The minimum absolute atomic E-state index is 0.133. The molecule has 0 fully saturated rings. The number of carboxylic acid groups (broad SMARTS) is 1. The van der Waals surface area contributed by atoms with Gasteiger partial charge in [-0.3, -0.25) is 19.6 Å². The van der Waals surface area contributed by atoms with E-state index >= 15 is 0 Å². The molecule has 0 spiro atoms. The summed E-state index contributed by atoms with van der Waals surface area (Å²) in [6, 6.07) is 4.17. The van der Waals surface area contributed by atoms with Crippen molar-refractivity contribution >= 4 is 27.8 Å². The first kappa shape index (κ1) is 25.3. The van der Waals surface area contributed by atoms with E-state index in [1.165, 1.54) is 43.9 Å². The molecule has 1 unspecified atom stereocenters. The SMILES string of the molecule is COc1ccc(S(=O)(=O)N(CCC(=O)N(C)CC(=O)O)C(C(=O)NO)C(C)C)cc1. The van der Waals surface area contributed by atoms with Gasteiger partial charge in [0, 0.05) is 20.0 Å². The molecule has 1 rings (SSSR count). The Hall–Kier alpha value is -2.70. The Labute approximate surface area is 175 Å². The summed E-state index contributed by atoms with van der Waals surface area (Å²) in [5.74, 6) is -2.89. The van der Waals surface area contributed by atoms with Crippen LogP contribution in [0.2, 0.25) is 0 Å². The number of hydrogen-bond donors (Lipinski definition) is 3. The molecule has 1 atom stereocenters. The number of aliphatic carboxylic acids is 1. The molecule has 0 saturated carbocycles. The minimum atomic E-state index is -4.25. The maximum atomic E-state index is 13.3. The fraction of sp³-hybridized carbons (Fsp3) is 0.500. The van der Waals surface area contributed by atoms with Crippen LogP contribution in [0.25, 0.3) is 0 Å². The standard InChI is InChI=1S/C18H27N3O8S/c1-12(2)17(18(25)19-26)21(10-9-15(22)20(3)11-16(23)24)30(27,28)14-7-5-13(29-4)6-8-14/h5-8,12,17,26H,9-11H2,1-4H3,(H,19,25)(H,23,24). The molecule has 3 N–H and O–H groups in total. The minimum Gasteiger partial charge on any atom is -0.497 e. The van der Waals surface area contributed by atoms with Crippen LogP contribution in [-0.4, -0.2) is 79.0 Å². The number of rotatable bonds is 11. The number of amides is 2. The highest BCUT2D eigenvalue weighted by Crippen LogP contribution is 2.24. The van der Waals surface area contributed by atoms with Crippen LogP contribution >= 0.6 is 0 Å². The van der Waals surface area contributed by atoms with Crippen molar-refractivity contribution < 1.29 is 37.9 Å². The van der Waals surface area contributed by atoms with Gasteiger partial charge in [0.25, 0.3) is 5.91 Å². The quantitative estimate of drug-likeness (QED) is 0.321. The van der Waals surface area contributed by atoms with Gasteiger partial charge in [0.2, 0.25) is 15.9 Å². The summed E-state index contributed by atoms with van der Waals surface area (Å²) in [4.78, 5) is 36.1. The predicted molar refractivity (Wildman–Crippen MR) is 105 cm³/mol. The summed E-state index contributed by atoms with van der Waals surface area (Å²) in [7, 11) is -1.55. The summed E-state index contributed by atoms with van der Waals surface area (Å²) < 4.78 is 32.4. The van der Waals surface area contributed by atoms with E-state index < -0.39 is 52.9 Å². The number of carbonyl (C=O) groups is 3. The molecule has 0 aliphatic heterocycles. The molecule has 0 aliphatic rings. The van der Waals surface area contributed by atoms with E-state index in [1.54, 1.807) is 13.8 Å². The number of hydroxylamine groups is 1. The Morgan fingerprint density at radius 3 is 2.17 bits per heavy atom. The third-order valence-corrected chi connectivity index (χ3v) is 6.23. The highest BCUT2D eigenvalue weighted by atomic mass is 32.2. The van der Waals surface area contributed by atoms with Crippen molar-refractivity contribution in [2.24, 2.45) is 5.92 Å². The number of nitrogens with zero attached hydrogens (tertiary/aromatic N) is 2. The average Bonchev–Trinajstić information content (AvgIpc) is 2.69. The summed E-state index contributed by atoms with van der Waals surface area (Å²) in [6.45, 7) is 2.24. The van der Waals surface area contributed by atoms with Crippen molar-refractivity contribution in [2.75, 3.05) is 27.2 Å². The first-order valence-electron chi connectivity index (χ1n) is 9.01. The van der Waals surface area contributed by atoms with Crippen molar-refractivity contribution in [3.05, 3.63) is 24.3 Å². The number of hydrogen-bond acceptors (Lipinski definition) is 7. The average molecular weight is 445 g/mol. The van der Waals surface area contributed by atoms with Gasteiger partial charge in [-0.25, -0.2) is 13.9 Å². The van der Waals surface area contributed by atoms with E-state index in [4.69, 9.17) is 15.1 Å². The van der Waals surface area contributed by atoms with E-state index in [0.29, 0.717) is 5.75 Å². The molecule has 0 bridgehead atoms. The molecule has 1 aromatic rings. The number of methoxy groups -OCH3 is 1. The van der Waals surface area contributed by atoms with Gasteiger partial charge in [0.05, 0.1) is 12.0 Å². The number of likely N-dealkylation sites (N-methyl/N-ethyl adjacent to an activating group) is 1. The highest BCUT2D eigenvalue weighted by Gasteiger charge is 2.38. The lowest BCUT2D eigenvalue weighted by atomic mass is 10.0. The van der Waals surface area contributed by atoms with E-state index in [0.717, 1.165) is 9.21 Å². The topological polar surface area (TPSA) is 154 Å². The fourth-order valence-electron chi connectivity index (χ4n) is 2.81. The Balaban J connectivity index is 3.29. The number of benzene rings is 1. The van der Waals surface area contributed by atoms with Gasteiger partial charge in [0.1, 0.15) is 18.3 Å². The van der Waals surface area contributed by atoms with Gasteiger partial charge in [-0.15, -0.1) is 0 Å². The summed E-state index contributed by atoms with van der Waals surface area (Å²) in [6.07, 6.45) is -0.360. The molecule has 11 nitrogen and oxygen atoms in total.